The van der Waals surface area contributed by atoms with Crippen LogP contribution in [-0.4, -0.2) is 23.2 Å². The van der Waals surface area contributed by atoms with Gasteiger partial charge in [-0.3, -0.25) is 0 Å². The summed E-state index contributed by atoms with van der Waals surface area (Å²) in [7, 11) is 0. The van der Waals surface area contributed by atoms with Gasteiger partial charge in [0.05, 0.1) is 12.7 Å². The van der Waals surface area contributed by atoms with Crippen LogP contribution in [0.15, 0.2) is 0 Å². The molecule has 4 heteroatoms. The number of aliphatic hydroxyl groups excluding tert-OH is 1. The fourth-order valence-corrected chi connectivity index (χ4v) is 0.830. The first-order chi connectivity index (χ1) is 5.16. The Hall–Kier alpha value is -0.280. The second-order valence-corrected chi connectivity index (χ2v) is 2.63. The van der Waals surface area contributed by atoms with Crippen LogP contribution in [0.2, 0.25) is 0 Å². The summed E-state index contributed by atoms with van der Waals surface area (Å²) in [4.78, 5) is 10.0. The molecule has 3 nitrogen and oxygen atoms in total. The molecule has 1 atom stereocenters. The lowest BCUT2D eigenvalue weighted by Crippen LogP contribution is -2.10. The highest BCUT2D eigenvalue weighted by Gasteiger charge is 2.03. The van der Waals surface area contributed by atoms with Crippen molar-refractivity contribution >= 4 is 17.0 Å². The largest absolute Gasteiger partial charge is 0.454 e. The third-order valence-corrected chi connectivity index (χ3v) is 1.40. The van der Waals surface area contributed by atoms with Gasteiger partial charge >= 0.3 is 5.43 Å². The van der Waals surface area contributed by atoms with Gasteiger partial charge in [0.2, 0.25) is 0 Å². The van der Waals surface area contributed by atoms with Crippen LogP contribution in [0.3, 0.4) is 0 Å². The molecule has 0 aliphatic heterocycles. The van der Waals surface area contributed by atoms with Crippen LogP contribution >= 0.6 is 11.6 Å². The minimum absolute atomic E-state index is 0.198. The van der Waals surface area contributed by atoms with Crippen LogP contribution in [0.25, 0.3) is 0 Å². The molecule has 0 radical (unpaired) electrons. The maximum Gasteiger partial charge on any atom is 0.403 e. The minimum Gasteiger partial charge on any atom is -0.454 e. The molecule has 0 aromatic rings. The Morgan fingerprint density at radius 1 is 1.64 bits per heavy atom. The summed E-state index contributed by atoms with van der Waals surface area (Å²) < 4.78 is 4.43. The fourth-order valence-electron chi connectivity index (χ4n) is 0.753. The Labute approximate surface area is 71.3 Å². The summed E-state index contributed by atoms with van der Waals surface area (Å²) in [5, 5.41) is 9.13. The Kier molecular flexibility index (Phi) is 6.27. The number of halogens is 1. The van der Waals surface area contributed by atoms with Crippen LogP contribution in [0, 0.1) is 0 Å². The van der Waals surface area contributed by atoms with Crippen molar-refractivity contribution in [3.8, 4) is 0 Å². The summed E-state index contributed by atoms with van der Waals surface area (Å²) >= 11 is 4.90. The number of aliphatic hydroxyl groups is 1. The summed E-state index contributed by atoms with van der Waals surface area (Å²) in [5.41, 5.74) is -0.811. The van der Waals surface area contributed by atoms with Crippen molar-refractivity contribution in [3.05, 3.63) is 0 Å². The minimum atomic E-state index is -0.811. The first kappa shape index (κ1) is 10.7. The molecule has 0 aliphatic rings. The lowest BCUT2D eigenvalue weighted by Gasteiger charge is -2.07. The van der Waals surface area contributed by atoms with Gasteiger partial charge in [0, 0.05) is 18.0 Å². The molecule has 0 saturated heterocycles. The number of hydrogen-bond donors (Lipinski definition) is 1. The zero-order chi connectivity index (χ0) is 8.69. The standard InChI is InChI=1S/C7H13ClO3/c1-2-3-6(9)4-5-11-7(8)10/h6,9H,2-5H2,1H3. The molecule has 1 unspecified atom stereocenters. The van der Waals surface area contributed by atoms with Crippen LogP contribution < -0.4 is 0 Å². The van der Waals surface area contributed by atoms with Crippen LogP contribution in [-0.2, 0) is 4.74 Å². The zero-order valence-electron chi connectivity index (χ0n) is 6.55. The molecule has 66 valence electrons. The van der Waals surface area contributed by atoms with E-state index in [1.165, 1.54) is 0 Å². The van der Waals surface area contributed by atoms with Crippen molar-refractivity contribution in [2.45, 2.75) is 32.3 Å². The van der Waals surface area contributed by atoms with E-state index in [1.807, 2.05) is 6.92 Å². The Morgan fingerprint density at radius 3 is 2.73 bits per heavy atom. The molecular formula is C7H13ClO3. The van der Waals surface area contributed by atoms with E-state index >= 15 is 0 Å². The molecular weight excluding hydrogens is 168 g/mol. The van der Waals surface area contributed by atoms with Crippen LogP contribution in [0.1, 0.15) is 26.2 Å². The van der Waals surface area contributed by atoms with Gasteiger partial charge < -0.3 is 9.84 Å². The van der Waals surface area contributed by atoms with Gasteiger partial charge in [-0.2, -0.15) is 0 Å². The first-order valence-corrected chi connectivity index (χ1v) is 4.05. The summed E-state index contributed by atoms with van der Waals surface area (Å²) in [5.74, 6) is 0. The lowest BCUT2D eigenvalue weighted by atomic mass is 10.1. The van der Waals surface area contributed by atoms with Crippen molar-refractivity contribution in [1.29, 1.82) is 0 Å². The topological polar surface area (TPSA) is 46.5 Å². The molecule has 1 N–H and O–H groups in total. The molecule has 0 rings (SSSR count). The van der Waals surface area contributed by atoms with Crippen molar-refractivity contribution in [2.75, 3.05) is 6.61 Å². The third kappa shape index (κ3) is 7.62. The maximum atomic E-state index is 10.0. The van der Waals surface area contributed by atoms with Crippen molar-refractivity contribution < 1.29 is 14.6 Å². The van der Waals surface area contributed by atoms with Gasteiger partial charge in [0.15, 0.2) is 0 Å². The molecule has 0 fully saturated rings. The molecule has 0 amide bonds. The van der Waals surface area contributed by atoms with Gasteiger partial charge in [-0.05, 0) is 6.42 Å². The van der Waals surface area contributed by atoms with Gasteiger partial charge in [0.25, 0.3) is 0 Å². The second kappa shape index (κ2) is 6.43. The maximum absolute atomic E-state index is 10.0. The lowest BCUT2D eigenvalue weighted by molar-refractivity contribution is 0.112. The summed E-state index contributed by atoms with van der Waals surface area (Å²) in [6.07, 6.45) is 1.75. The van der Waals surface area contributed by atoms with E-state index in [2.05, 4.69) is 4.74 Å². The average molecular weight is 181 g/mol. The monoisotopic (exact) mass is 180 g/mol. The highest BCUT2D eigenvalue weighted by Crippen LogP contribution is 2.01. The van der Waals surface area contributed by atoms with Crippen molar-refractivity contribution in [3.63, 3.8) is 0 Å². The van der Waals surface area contributed by atoms with E-state index in [4.69, 9.17) is 16.7 Å². The van der Waals surface area contributed by atoms with Gasteiger partial charge in [-0.1, -0.05) is 13.3 Å². The fraction of sp³-hybridized carbons (Fsp3) is 0.857. The number of rotatable bonds is 5. The molecule has 0 spiro atoms. The number of ether oxygens (including phenoxy) is 1. The SMILES string of the molecule is CCCC(O)CCOC(=O)Cl. The number of carbonyl (C=O) groups is 1. The summed E-state index contributed by atoms with van der Waals surface area (Å²) in [6.45, 7) is 2.18. The number of carbonyl (C=O) groups excluding carboxylic acids is 1. The van der Waals surface area contributed by atoms with E-state index in [1.54, 1.807) is 0 Å². The second-order valence-electron chi connectivity index (χ2n) is 2.32. The summed E-state index contributed by atoms with van der Waals surface area (Å²) in [6, 6.07) is 0. The molecule has 0 heterocycles. The Bertz CT molecular complexity index is 116. The quantitative estimate of drug-likeness (QED) is 0.658. The molecule has 0 bridgehead atoms. The highest BCUT2D eigenvalue weighted by atomic mass is 35.5. The van der Waals surface area contributed by atoms with Gasteiger partial charge in [-0.15, -0.1) is 0 Å². The van der Waals surface area contributed by atoms with Crippen LogP contribution in [0.5, 0.6) is 0 Å². The van der Waals surface area contributed by atoms with E-state index in [0.29, 0.717) is 6.42 Å². The van der Waals surface area contributed by atoms with E-state index in [9.17, 15) is 4.79 Å². The molecule has 0 aromatic heterocycles. The predicted octanol–water partition coefficient (Wildman–Crippen LogP) is 1.91. The highest BCUT2D eigenvalue weighted by molar-refractivity contribution is 6.61. The normalized spacial score (nSPS) is 12.6. The Morgan fingerprint density at radius 2 is 2.27 bits per heavy atom. The van der Waals surface area contributed by atoms with Crippen molar-refractivity contribution in [2.24, 2.45) is 0 Å². The van der Waals surface area contributed by atoms with E-state index in [-0.39, 0.29) is 12.7 Å². The molecule has 0 saturated carbocycles. The Balaban J connectivity index is 3.16. The first-order valence-electron chi connectivity index (χ1n) is 3.67. The van der Waals surface area contributed by atoms with Crippen molar-refractivity contribution in [1.82, 2.24) is 0 Å². The molecule has 0 aliphatic carbocycles. The number of hydrogen-bond acceptors (Lipinski definition) is 3. The third-order valence-electron chi connectivity index (χ3n) is 1.29. The van der Waals surface area contributed by atoms with Gasteiger partial charge in [0.1, 0.15) is 0 Å². The van der Waals surface area contributed by atoms with E-state index in [0.717, 1.165) is 12.8 Å². The molecule has 11 heavy (non-hydrogen) atoms. The smallest absolute Gasteiger partial charge is 0.403 e. The predicted molar refractivity (Wildman–Crippen MR) is 42.7 cm³/mol. The molecule has 0 aromatic carbocycles. The van der Waals surface area contributed by atoms with Crippen LogP contribution in [0.4, 0.5) is 4.79 Å². The average Bonchev–Trinajstić information content (AvgIpc) is 1.87. The zero-order valence-corrected chi connectivity index (χ0v) is 7.30. The van der Waals surface area contributed by atoms with Gasteiger partial charge in [-0.25, -0.2) is 4.79 Å². The van der Waals surface area contributed by atoms with E-state index < -0.39 is 5.43 Å².